The number of morpholine rings is 1. The predicted molar refractivity (Wildman–Crippen MR) is 111 cm³/mol. The Kier molecular flexibility index (Phi) is 6.56. The third-order valence-electron chi connectivity index (χ3n) is 5.38. The van der Waals surface area contributed by atoms with Crippen molar-refractivity contribution in [3.05, 3.63) is 30.0 Å². The van der Waals surface area contributed by atoms with Gasteiger partial charge in [0.1, 0.15) is 16.3 Å². The molecular formula is C20H26N4O6S. The zero-order chi connectivity index (χ0) is 21.8. The summed E-state index contributed by atoms with van der Waals surface area (Å²) >= 11 is 0. The second-order valence-corrected chi connectivity index (χ2v) is 9.30. The first-order valence-electron chi connectivity index (χ1n) is 10.2. The van der Waals surface area contributed by atoms with Crippen molar-refractivity contribution in [2.24, 2.45) is 0 Å². The summed E-state index contributed by atoms with van der Waals surface area (Å²) in [5.74, 6) is -0.0377. The Hall–Kier alpha value is -2.47. The number of carbonyl (C=O) groups excluding carboxylic acids is 1. The molecule has 2 fully saturated rings. The minimum atomic E-state index is -3.77. The standard InChI is InChI=1S/C20H26N4O6S/c1-28-18-5-4-14(11-19(18)31(26,27)24-6-9-29-10-7-24)16-12-17(23-22-16)20(25)21-13-15-3-2-8-30-15/h4-5,11-12,15H,2-3,6-10,13H2,1H3,(H,21,25)(H,22,23)/t15-/m0/s1. The molecule has 2 N–H and O–H groups in total. The molecule has 1 aromatic heterocycles. The van der Waals surface area contributed by atoms with E-state index in [1.807, 2.05) is 0 Å². The van der Waals surface area contributed by atoms with E-state index >= 15 is 0 Å². The van der Waals surface area contributed by atoms with Crippen molar-refractivity contribution in [2.75, 3.05) is 46.6 Å². The number of hydrogen-bond donors (Lipinski definition) is 2. The number of aromatic amines is 1. The number of ether oxygens (including phenoxy) is 3. The highest BCUT2D eigenvalue weighted by Crippen LogP contribution is 2.31. The molecule has 168 valence electrons. The van der Waals surface area contributed by atoms with Crippen LogP contribution >= 0.6 is 0 Å². The number of H-pyrrole nitrogens is 1. The summed E-state index contributed by atoms with van der Waals surface area (Å²) in [5.41, 5.74) is 1.31. The number of sulfonamides is 1. The molecule has 1 amide bonds. The van der Waals surface area contributed by atoms with Crippen molar-refractivity contribution < 1.29 is 27.4 Å². The Bertz CT molecular complexity index is 1030. The van der Waals surface area contributed by atoms with Crippen LogP contribution in [0.1, 0.15) is 23.3 Å². The predicted octanol–water partition coefficient (Wildman–Crippen LogP) is 1.02. The lowest BCUT2D eigenvalue weighted by atomic mass is 10.1. The summed E-state index contributed by atoms with van der Waals surface area (Å²) in [4.78, 5) is 12.5. The molecule has 0 aliphatic carbocycles. The molecule has 0 spiro atoms. The van der Waals surface area contributed by atoms with E-state index in [0.29, 0.717) is 36.7 Å². The molecule has 31 heavy (non-hydrogen) atoms. The molecule has 0 unspecified atom stereocenters. The second kappa shape index (κ2) is 9.35. The van der Waals surface area contributed by atoms with Gasteiger partial charge in [-0.1, -0.05) is 0 Å². The van der Waals surface area contributed by atoms with Crippen molar-refractivity contribution in [1.29, 1.82) is 0 Å². The van der Waals surface area contributed by atoms with Crippen molar-refractivity contribution in [2.45, 2.75) is 23.8 Å². The van der Waals surface area contributed by atoms with Gasteiger partial charge in [0.25, 0.3) is 5.91 Å². The molecule has 4 rings (SSSR count). The lowest BCUT2D eigenvalue weighted by Crippen LogP contribution is -2.40. The minimum Gasteiger partial charge on any atom is -0.495 e. The number of methoxy groups -OCH3 is 1. The molecule has 0 radical (unpaired) electrons. The van der Waals surface area contributed by atoms with E-state index in [0.717, 1.165) is 19.4 Å². The third-order valence-corrected chi connectivity index (χ3v) is 7.30. The lowest BCUT2D eigenvalue weighted by molar-refractivity contribution is 0.0729. The number of carbonyl (C=O) groups is 1. The van der Waals surface area contributed by atoms with Crippen molar-refractivity contribution in [1.82, 2.24) is 19.8 Å². The maximum Gasteiger partial charge on any atom is 0.269 e. The van der Waals surface area contributed by atoms with Gasteiger partial charge in [-0.2, -0.15) is 9.40 Å². The van der Waals surface area contributed by atoms with E-state index in [9.17, 15) is 13.2 Å². The minimum absolute atomic E-state index is 0.0425. The number of benzene rings is 1. The first-order valence-corrected chi connectivity index (χ1v) is 11.6. The largest absolute Gasteiger partial charge is 0.495 e. The van der Waals surface area contributed by atoms with Gasteiger partial charge in [-0.15, -0.1) is 0 Å². The number of aromatic nitrogens is 2. The van der Waals surface area contributed by atoms with Gasteiger partial charge in [-0.3, -0.25) is 9.89 Å². The number of nitrogens with one attached hydrogen (secondary N) is 2. The molecule has 3 heterocycles. The van der Waals surface area contributed by atoms with Crippen LogP contribution in [0, 0.1) is 0 Å². The molecule has 11 heteroatoms. The van der Waals surface area contributed by atoms with Crippen LogP contribution in [0.25, 0.3) is 11.3 Å². The van der Waals surface area contributed by atoms with Gasteiger partial charge in [0, 0.05) is 31.8 Å². The van der Waals surface area contributed by atoms with E-state index in [4.69, 9.17) is 14.2 Å². The molecular weight excluding hydrogens is 424 g/mol. The zero-order valence-electron chi connectivity index (χ0n) is 17.3. The molecule has 2 aromatic rings. The molecule has 0 bridgehead atoms. The normalized spacial score (nSPS) is 20.0. The summed E-state index contributed by atoms with van der Waals surface area (Å²) in [6.07, 6.45) is 1.98. The topological polar surface area (TPSA) is 123 Å². The lowest BCUT2D eigenvalue weighted by Gasteiger charge is -2.26. The highest BCUT2D eigenvalue weighted by molar-refractivity contribution is 7.89. The van der Waals surface area contributed by atoms with E-state index in [1.165, 1.54) is 17.5 Å². The van der Waals surface area contributed by atoms with Crippen molar-refractivity contribution >= 4 is 15.9 Å². The maximum atomic E-state index is 13.2. The highest BCUT2D eigenvalue weighted by atomic mass is 32.2. The molecule has 2 aliphatic heterocycles. The smallest absolute Gasteiger partial charge is 0.269 e. The van der Waals surface area contributed by atoms with Crippen LogP contribution in [0.3, 0.4) is 0 Å². The number of amides is 1. The Morgan fingerprint density at radius 2 is 2.10 bits per heavy atom. The molecule has 2 aliphatic rings. The van der Waals surface area contributed by atoms with Crippen LogP contribution in [-0.2, 0) is 19.5 Å². The SMILES string of the molecule is COc1ccc(-c2cc(C(=O)NC[C@@H]3CCCO3)[nH]n2)cc1S(=O)(=O)N1CCOCC1. The summed E-state index contributed by atoms with van der Waals surface area (Å²) in [5, 5.41) is 9.74. The van der Waals surface area contributed by atoms with E-state index in [1.54, 1.807) is 18.2 Å². The number of rotatable bonds is 7. The fourth-order valence-corrected chi connectivity index (χ4v) is 5.25. The summed E-state index contributed by atoms with van der Waals surface area (Å²) in [6, 6.07) is 6.42. The van der Waals surface area contributed by atoms with Gasteiger partial charge >= 0.3 is 0 Å². The highest BCUT2D eigenvalue weighted by Gasteiger charge is 2.30. The van der Waals surface area contributed by atoms with Crippen LogP contribution in [-0.4, -0.2) is 81.5 Å². The van der Waals surface area contributed by atoms with E-state index in [-0.39, 0.29) is 35.7 Å². The van der Waals surface area contributed by atoms with Gasteiger partial charge in [0.15, 0.2) is 0 Å². The van der Waals surface area contributed by atoms with Gasteiger partial charge in [-0.05, 0) is 37.1 Å². The number of nitrogens with zero attached hydrogens (tertiary/aromatic N) is 2. The van der Waals surface area contributed by atoms with Gasteiger partial charge < -0.3 is 19.5 Å². The van der Waals surface area contributed by atoms with Crippen LogP contribution < -0.4 is 10.1 Å². The average molecular weight is 451 g/mol. The molecule has 1 atom stereocenters. The van der Waals surface area contributed by atoms with Gasteiger partial charge in [0.05, 0.1) is 32.1 Å². The zero-order valence-corrected chi connectivity index (χ0v) is 18.1. The quantitative estimate of drug-likeness (QED) is 0.645. The first kappa shape index (κ1) is 21.8. The Labute approximate surface area is 180 Å². The number of hydrogen-bond acceptors (Lipinski definition) is 7. The first-order chi connectivity index (χ1) is 15.0. The fourth-order valence-electron chi connectivity index (χ4n) is 3.66. The molecule has 1 aromatic carbocycles. The van der Waals surface area contributed by atoms with Gasteiger partial charge in [-0.25, -0.2) is 8.42 Å². The second-order valence-electron chi connectivity index (χ2n) is 7.39. The Balaban J connectivity index is 1.55. The summed E-state index contributed by atoms with van der Waals surface area (Å²) < 4.78 is 43.8. The maximum absolute atomic E-state index is 13.2. The van der Waals surface area contributed by atoms with Crippen LogP contribution in [0.15, 0.2) is 29.2 Å². The fraction of sp³-hybridized carbons (Fsp3) is 0.500. The van der Waals surface area contributed by atoms with E-state index in [2.05, 4.69) is 15.5 Å². The molecule has 2 saturated heterocycles. The van der Waals surface area contributed by atoms with Crippen LogP contribution in [0.4, 0.5) is 0 Å². The summed E-state index contributed by atoms with van der Waals surface area (Å²) in [6.45, 7) is 2.44. The van der Waals surface area contributed by atoms with Crippen molar-refractivity contribution in [3.8, 4) is 17.0 Å². The molecule has 10 nitrogen and oxygen atoms in total. The third kappa shape index (κ3) is 4.74. The average Bonchev–Trinajstić information content (AvgIpc) is 3.50. The Morgan fingerprint density at radius 1 is 1.29 bits per heavy atom. The Morgan fingerprint density at radius 3 is 2.81 bits per heavy atom. The van der Waals surface area contributed by atoms with Crippen LogP contribution in [0.2, 0.25) is 0 Å². The van der Waals surface area contributed by atoms with Crippen LogP contribution in [0.5, 0.6) is 5.75 Å². The summed E-state index contributed by atoms with van der Waals surface area (Å²) in [7, 11) is -2.34. The van der Waals surface area contributed by atoms with Gasteiger partial charge in [0.2, 0.25) is 10.0 Å². The molecule has 0 saturated carbocycles. The monoisotopic (exact) mass is 450 g/mol. The van der Waals surface area contributed by atoms with Crippen molar-refractivity contribution in [3.63, 3.8) is 0 Å². The van der Waals surface area contributed by atoms with E-state index < -0.39 is 10.0 Å².